The number of aliphatic hydroxyl groups is 1. The molecule has 0 amide bonds. The van der Waals surface area contributed by atoms with Gasteiger partial charge in [0.25, 0.3) is 0 Å². The maximum atomic E-state index is 9.13. The Bertz CT molecular complexity index is 310. The lowest BCUT2D eigenvalue weighted by molar-refractivity contribution is 0.289. The van der Waals surface area contributed by atoms with Crippen molar-refractivity contribution in [1.82, 2.24) is 0 Å². The smallest absolute Gasteiger partial charge is 0.0581 e. The van der Waals surface area contributed by atoms with Crippen molar-refractivity contribution in [3.05, 3.63) is 29.3 Å². The SMILES string of the molecule is OCC1(Sc2cccc(Cl)c2)CC1. The molecule has 1 aliphatic carbocycles. The minimum absolute atomic E-state index is 0.102. The van der Waals surface area contributed by atoms with Gasteiger partial charge in [-0.3, -0.25) is 0 Å². The summed E-state index contributed by atoms with van der Waals surface area (Å²) in [6.45, 7) is 0.268. The molecule has 1 N–H and O–H groups in total. The van der Waals surface area contributed by atoms with Crippen LogP contribution >= 0.6 is 23.4 Å². The van der Waals surface area contributed by atoms with E-state index in [2.05, 4.69) is 0 Å². The van der Waals surface area contributed by atoms with E-state index in [0.717, 1.165) is 22.8 Å². The fourth-order valence-corrected chi connectivity index (χ4v) is 2.67. The fraction of sp³-hybridized carbons (Fsp3) is 0.400. The van der Waals surface area contributed by atoms with Crippen LogP contribution in [0.25, 0.3) is 0 Å². The minimum Gasteiger partial charge on any atom is -0.395 e. The van der Waals surface area contributed by atoms with E-state index < -0.39 is 0 Å². The zero-order valence-corrected chi connectivity index (χ0v) is 8.74. The zero-order valence-electron chi connectivity index (χ0n) is 7.16. The average Bonchev–Trinajstić information content (AvgIpc) is 2.86. The molecule has 1 nitrogen and oxygen atoms in total. The molecule has 0 aromatic heterocycles. The van der Waals surface area contributed by atoms with E-state index in [0.29, 0.717) is 0 Å². The first-order valence-electron chi connectivity index (χ1n) is 4.30. The van der Waals surface area contributed by atoms with Gasteiger partial charge < -0.3 is 5.11 Å². The van der Waals surface area contributed by atoms with Crippen LogP contribution in [0.15, 0.2) is 29.2 Å². The highest BCUT2D eigenvalue weighted by molar-refractivity contribution is 8.01. The Balaban J connectivity index is 2.09. The molecule has 1 fully saturated rings. The molecule has 0 bridgehead atoms. The molecular formula is C10H11ClOS. The maximum absolute atomic E-state index is 9.13. The van der Waals surface area contributed by atoms with Gasteiger partial charge in [-0.2, -0.15) is 0 Å². The molecule has 1 aliphatic rings. The van der Waals surface area contributed by atoms with Crippen LogP contribution in [0.3, 0.4) is 0 Å². The Morgan fingerprint density at radius 3 is 2.77 bits per heavy atom. The van der Waals surface area contributed by atoms with Gasteiger partial charge in [-0.1, -0.05) is 17.7 Å². The summed E-state index contributed by atoms with van der Waals surface area (Å²) in [5.41, 5.74) is 0. The molecule has 0 saturated heterocycles. The van der Waals surface area contributed by atoms with E-state index in [9.17, 15) is 0 Å². The predicted molar refractivity (Wildman–Crippen MR) is 56.4 cm³/mol. The summed E-state index contributed by atoms with van der Waals surface area (Å²) in [5, 5.41) is 9.90. The van der Waals surface area contributed by atoms with Crippen LogP contribution in [0.5, 0.6) is 0 Å². The summed E-state index contributed by atoms with van der Waals surface area (Å²) in [6.07, 6.45) is 2.22. The van der Waals surface area contributed by atoms with Gasteiger partial charge in [-0.05, 0) is 31.0 Å². The molecule has 1 aromatic carbocycles. The van der Waals surface area contributed by atoms with Crippen molar-refractivity contribution >= 4 is 23.4 Å². The predicted octanol–water partition coefficient (Wildman–Crippen LogP) is 2.96. The summed E-state index contributed by atoms with van der Waals surface area (Å²) >= 11 is 7.60. The van der Waals surface area contributed by atoms with Crippen LogP contribution in [0.1, 0.15) is 12.8 Å². The monoisotopic (exact) mass is 214 g/mol. The van der Waals surface area contributed by atoms with E-state index in [1.165, 1.54) is 0 Å². The molecule has 0 spiro atoms. The second-order valence-electron chi connectivity index (χ2n) is 3.40. The Morgan fingerprint density at radius 2 is 2.23 bits per heavy atom. The van der Waals surface area contributed by atoms with Gasteiger partial charge >= 0.3 is 0 Å². The standard InChI is InChI=1S/C10H11ClOS/c11-8-2-1-3-9(6-8)13-10(7-12)4-5-10/h1-3,6,12H,4-5,7H2. The maximum Gasteiger partial charge on any atom is 0.0581 e. The first-order chi connectivity index (χ1) is 6.24. The Morgan fingerprint density at radius 1 is 1.46 bits per heavy atom. The third-order valence-electron chi connectivity index (χ3n) is 2.23. The lowest BCUT2D eigenvalue weighted by atomic mass is 10.4. The van der Waals surface area contributed by atoms with Gasteiger partial charge in [0, 0.05) is 14.7 Å². The normalized spacial score (nSPS) is 18.6. The number of aliphatic hydroxyl groups excluding tert-OH is 1. The van der Waals surface area contributed by atoms with Gasteiger partial charge in [0.05, 0.1) is 6.61 Å². The molecule has 2 rings (SSSR count). The first kappa shape index (κ1) is 9.38. The number of hydrogen-bond acceptors (Lipinski definition) is 2. The van der Waals surface area contributed by atoms with Crippen LogP contribution < -0.4 is 0 Å². The van der Waals surface area contributed by atoms with Crippen molar-refractivity contribution in [3.8, 4) is 0 Å². The largest absolute Gasteiger partial charge is 0.395 e. The summed E-state index contributed by atoms with van der Waals surface area (Å²) in [4.78, 5) is 1.15. The third-order valence-corrected chi connectivity index (χ3v) is 3.92. The quantitative estimate of drug-likeness (QED) is 0.835. The van der Waals surface area contributed by atoms with E-state index in [4.69, 9.17) is 16.7 Å². The van der Waals surface area contributed by atoms with Crippen LogP contribution in [0.4, 0.5) is 0 Å². The van der Waals surface area contributed by atoms with Crippen molar-refractivity contribution in [2.45, 2.75) is 22.5 Å². The Hall–Kier alpha value is -0.180. The van der Waals surface area contributed by atoms with Crippen molar-refractivity contribution in [2.24, 2.45) is 0 Å². The number of rotatable bonds is 3. The van der Waals surface area contributed by atoms with E-state index in [1.54, 1.807) is 11.8 Å². The van der Waals surface area contributed by atoms with Crippen LogP contribution in [-0.2, 0) is 0 Å². The van der Waals surface area contributed by atoms with Gasteiger partial charge in [-0.15, -0.1) is 11.8 Å². The van der Waals surface area contributed by atoms with E-state index >= 15 is 0 Å². The fourth-order valence-electron chi connectivity index (χ4n) is 1.21. The second-order valence-corrected chi connectivity index (χ2v) is 5.38. The molecule has 70 valence electrons. The highest BCUT2D eigenvalue weighted by atomic mass is 35.5. The third kappa shape index (κ3) is 2.19. The summed E-state index contributed by atoms with van der Waals surface area (Å²) < 4.78 is 0.102. The number of halogens is 1. The molecule has 3 heteroatoms. The summed E-state index contributed by atoms with van der Waals surface area (Å²) in [5.74, 6) is 0. The topological polar surface area (TPSA) is 20.2 Å². The lowest BCUT2D eigenvalue weighted by Gasteiger charge is -2.10. The molecule has 0 unspecified atom stereocenters. The molecule has 13 heavy (non-hydrogen) atoms. The molecule has 1 aromatic rings. The van der Waals surface area contributed by atoms with Crippen LogP contribution in [-0.4, -0.2) is 16.5 Å². The van der Waals surface area contributed by atoms with Gasteiger partial charge in [-0.25, -0.2) is 0 Å². The van der Waals surface area contributed by atoms with Crippen LogP contribution in [0.2, 0.25) is 5.02 Å². The van der Waals surface area contributed by atoms with E-state index in [-0.39, 0.29) is 11.4 Å². The molecular weight excluding hydrogens is 204 g/mol. The Labute approximate surface area is 87.1 Å². The number of thioether (sulfide) groups is 1. The molecule has 0 heterocycles. The molecule has 1 saturated carbocycles. The summed E-state index contributed by atoms with van der Waals surface area (Å²) in [7, 11) is 0. The molecule has 0 radical (unpaired) electrons. The van der Waals surface area contributed by atoms with Gasteiger partial charge in [0.2, 0.25) is 0 Å². The van der Waals surface area contributed by atoms with Gasteiger partial charge in [0.1, 0.15) is 0 Å². The first-order valence-corrected chi connectivity index (χ1v) is 5.49. The van der Waals surface area contributed by atoms with Crippen molar-refractivity contribution in [1.29, 1.82) is 0 Å². The highest BCUT2D eigenvalue weighted by Gasteiger charge is 2.43. The highest BCUT2D eigenvalue weighted by Crippen LogP contribution is 2.51. The summed E-state index contributed by atoms with van der Waals surface area (Å²) in [6, 6.07) is 7.79. The zero-order chi connectivity index (χ0) is 9.31. The number of hydrogen-bond donors (Lipinski definition) is 1. The van der Waals surface area contributed by atoms with Crippen molar-refractivity contribution in [2.75, 3.05) is 6.61 Å². The second kappa shape index (κ2) is 3.52. The average molecular weight is 215 g/mol. The van der Waals surface area contributed by atoms with E-state index in [1.807, 2.05) is 24.3 Å². The van der Waals surface area contributed by atoms with Crippen molar-refractivity contribution < 1.29 is 5.11 Å². The number of benzene rings is 1. The molecule has 0 aliphatic heterocycles. The minimum atomic E-state index is 0.102. The lowest BCUT2D eigenvalue weighted by Crippen LogP contribution is -2.07. The molecule has 0 atom stereocenters. The Kier molecular flexibility index (Phi) is 2.54. The van der Waals surface area contributed by atoms with Gasteiger partial charge in [0.15, 0.2) is 0 Å². The van der Waals surface area contributed by atoms with Crippen molar-refractivity contribution in [3.63, 3.8) is 0 Å². The van der Waals surface area contributed by atoms with Crippen LogP contribution in [0, 0.1) is 0 Å².